The van der Waals surface area contributed by atoms with Gasteiger partial charge in [0.2, 0.25) is 0 Å². The lowest BCUT2D eigenvalue weighted by Crippen LogP contribution is -2.35. The Morgan fingerprint density at radius 1 is 1.33 bits per heavy atom. The molecule has 3 rings (SSSR count). The minimum absolute atomic E-state index is 0.644. The number of aromatic amines is 1. The van der Waals surface area contributed by atoms with Crippen molar-refractivity contribution in [3.63, 3.8) is 0 Å². The first-order valence-electron chi connectivity index (χ1n) is 7.40. The van der Waals surface area contributed by atoms with E-state index in [0.717, 1.165) is 5.92 Å². The first kappa shape index (κ1) is 12.0. The van der Waals surface area contributed by atoms with Gasteiger partial charge in [-0.25, -0.2) is 0 Å². The predicted molar refractivity (Wildman–Crippen MR) is 76.7 cm³/mol. The van der Waals surface area contributed by atoms with Gasteiger partial charge in [0, 0.05) is 17.6 Å². The Bertz CT molecular complexity index is 508. The van der Waals surface area contributed by atoms with E-state index in [2.05, 4.69) is 35.7 Å². The third-order valence-corrected chi connectivity index (χ3v) is 4.62. The summed E-state index contributed by atoms with van der Waals surface area (Å²) < 4.78 is 0. The molecule has 1 aromatic heterocycles. The van der Waals surface area contributed by atoms with Crippen LogP contribution in [0.5, 0.6) is 0 Å². The number of rotatable bonds is 5. The van der Waals surface area contributed by atoms with Crippen LogP contribution in [-0.4, -0.2) is 18.1 Å². The summed E-state index contributed by atoms with van der Waals surface area (Å²) in [5.41, 5.74) is 1.50. The number of H-pyrrole nitrogens is 1. The first-order chi connectivity index (χ1) is 8.86. The molecule has 2 aliphatic rings. The Hall–Kier alpha value is -1.02. The standard InChI is InChI=1S/C16H24N2/c1-17-14(9-12-5-4-6-12)10-13-11-18-16-8-3-2-7-15(13)16/h7-8,11-12,14,17-18H,2-6,9-10H2,1H3. The number of likely N-dealkylation sites (N-methyl/N-ethyl adjacent to an activating group) is 1. The van der Waals surface area contributed by atoms with Crippen LogP contribution in [0.2, 0.25) is 0 Å². The summed E-state index contributed by atoms with van der Waals surface area (Å²) in [6.07, 6.45) is 16.2. The van der Waals surface area contributed by atoms with Crippen LogP contribution in [0, 0.1) is 5.92 Å². The molecule has 1 unspecified atom stereocenters. The fraction of sp³-hybridized carbons (Fsp3) is 0.625. The second kappa shape index (κ2) is 5.31. The lowest BCUT2D eigenvalue weighted by atomic mass is 9.80. The van der Waals surface area contributed by atoms with Gasteiger partial charge in [0.1, 0.15) is 0 Å². The zero-order valence-corrected chi connectivity index (χ0v) is 11.3. The van der Waals surface area contributed by atoms with Crippen molar-refractivity contribution in [1.29, 1.82) is 0 Å². The fourth-order valence-electron chi connectivity index (χ4n) is 3.23. The highest BCUT2D eigenvalue weighted by Crippen LogP contribution is 2.30. The number of nitrogens with one attached hydrogen (secondary N) is 2. The molecule has 1 fully saturated rings. The third kappa shape index (κ3) is 2.39. The van der Waals surface area contributed by atoms with Crippen molar-refractivity contribution in [2.45, 2.75) is 51.0 Å². The van der Waals surface area contributed by atoms with Crippen molar-refractivity contribution >= 4 is 12.2 Å². The Kier molecular flexibility index (Phi) is 3.55. The molecule has 0 bridgehead atoms. The van der Waals surface area contributed by atoms with Crippen molar-refractivity contribution in [3.8, 4) is 0 Å². The average Bonchev–Trinajstić information content (AvgIpc) is 2.75. The van der Waals surface area contributed by atoms with Crippen LogP contribution in [0.3, 0.4) is 0 Å². The second-order valence-electron chi connectivity index (χ2n) is 5.85. The lowest BCUT2D eigenvalue weighted by Gasteiger charge is -2.29. The van der Waals surface area contributed by atoms with E-state index in [4.69, 9.17) is 0 Å². The van der Waals surface area contributed by atoms with Gasteiger partial charge in [-0.3, -0.25) is 0 Å². The highest BCUT2D eigenvalue weighted by molar-refractivity contribution is 5.39. The van der Waals surface area contributed by atoms with Gasteiger partial charge >= 0.3 is 0 Å². The molecular formula is C16H24N2. The predicted octanol–water partition coefficient (Wildman–Crippen LogP) is 1.69. The normalized spacial score (nSPS) is 20.5. The van der Waals surface area contributed by atoms with Crippen molar-refractivity contribution in [2.75, 3.05) is 7.05 Å². The molecule has 1 aromatic rings. The monoisotopic (exact) mass is 244 g/mol. The maximum atomic E-state index is 3.51. The third-order valence-electron chi connectivity index (χ3n) is 4.62. The van der Waals surface area contributed by atoms with E-state index in [1.807, 2.05) is 0 Å². The van der Waals surface area contributed by atoms with E-state index in [0.29, 0.717) is 6.04 Å². The van der Waals surface area contributed by atoms with Gasteiger partial charge in [0.05, 0.1) is 0 Å². The molecule has 0 radical (unpaired) electrons. The number of aromatic nitrogens is 1. The van der Waals surface area contributed by atoms with E-state index >= 15 is 0 Å². The Morgan fingerprint density at radius 3 is 2.89 bits per heavy atom. The minimum Gasteiger partial charge on any atom is -0.361 e. The molecule has 0 spiro atoms. The quantitative estimate of drug-likeness (QED) is 0.810. The smallest absolute Gasteiger partial charge is 0.0413 e. The average molecular weight is 244 g/mol. The summed E-state index contributed by atoms with van der Waals surface area (Å²) in [4.78, 5) is 3.42. The molecule has 2 N–H and O–H groups in total. The molecule has 98 valence electrons. The summed E-state index contributed by atoms with van der Waals surface area (Å²) in [6, 6.07) is 0.644. The van der Waals surface area contributed by atoms with Gasteiger partial charge in [0.25, 0.3) is 0 Å². The van der Waals surface area contributed by atoms with Crippen molar-refractivity contribution < 1.29 is 0 Å². The highest BCUT2D eigenvalue weighted by atomic mass is 14.9. The molecule has 0 amide bonds. The first-order valence-corrected chi connectivity index (χ1v) is 7.40. The van der Waals surface area contributed by atoms with E-state index in [-0.39, 0.29) is 0 Å². The maximum Gasteiger partial charge on any atom is 0.0413 e. The Balaban J connectivity index is 1.73. The van der Waals surface area contributed by atoms with Crippen LogP contribution in [-0.2, 0) is 6.42 Å². The van der Waals surface area contributed by atoms with Crippen LogP contribution >= 0.6 is 0 Å². The molecule has 0 aliphatic heterocycles. The summed E-state index contributed by atoms with van der Waals surface area (Å²) in [5, 5.41) is 6.32. The topological polar surface area (TPSA) is 27.8 Å². The van der Waals surface area contributed by atoms with E-state index in [9.17, 15) is 0 Å². The van der Waals surface area contributed by atoms with Gasteiger partial charge in [-0.15, -0.1) is 0 Å². The fourth-order valence-corrected chi connectivity index (χ4v) is 3.23. The minimum atomic E-state index is 0.644. The van der Waals surface area contributed by atoms with Crippen LogP contribution < -0.4 is 15.9 Å². The summed E-state index contributed by atoms with van der Waals surface area (Å²) in [5.74, 6) is 0.979. The number of hydrogen-bond acceptors (Lipinski definition) is 1. The van der Waals surface area contributed by atoms with Crippen molar-refractivity contribution in [1.82, 2.24) is 10.3 Å². The molecule has 1 saturated carbocycles. The van der Waals surface area contributed by atoms with Gasteiger partial charge in [-0.05, 0) is 49.4 Å². The Labute approximate surface area is 109 Å². The van der Waals surface area contributed by atoms with Gasteiger partial charge in [-0.2, -0.15) is 0 Å². The molecule has 1 heterocycles. The largest absolute Gasteiger partial charge is 0.361 e. The van der Waals surface area contributed by atoms with Crippen LogP contribution in [0.4, 0.5) is 0 Å². The SMILES string of the molecule is CNC(Cc1c[nH]c2c1=CCCC=2)CC1CCC1. The van der Waals surface area contributed by atoms with Crippen LogP contribution in [0.15, 0.2) is 6.20 Å². The summed E-state index contributed by atoms with van der Waals surface area (Å²) in [7, 11) is 2.11. The number of hydrogen-bond donors (Lipinski definition) is 2. The van der Waals surface area contributed by atoms with Crippen LogP contribution in [0.25, 0.3) is 12.2 Å². The van der Waals surface area contributed by atoms with E-state index < -0.39 is 0 Å². The lowest BCUT2D eigenvalue weighted by molar-refractivity contribution is 0.263. The number of fused-ring (bicyclic) bond motifs is 1. The van der Waals surface area contributed by atoms with Gasteiger partial charge in [-0.1, -0.05) is 31.4 Å². The van der Waals surface area contributed by atoms with Crippen LogP contribution in [0.1, 0.15) is 44.1 Å². The molecular weight excluding hydrogens is 220 g/mol. The van der Waals surface area contributed by atoms with E-state index in [1.165, 1.54) is 61.1 Å². The molecule has 2 nitrogen and oxygen atoms in total. The molecule has 18 heavy (non-hydrogen) atoms. The molecule has 1 atom stereocenters. The summed E-state index contributed by atoms with van der Waals surface area (Å²) >= 11 is 0. The zero-order valence-electron chi connectivity index (χ0n) is 11.3. The molecule has 2 aliphatic carbocycles. The highest BCUT2D eigenvalue weighted by Gasteiger charge is 2.21. The van der Waals surface area contributed by atoms with Gasteiger partial charge < -0.3 is 10.3 Å². The van der Waals surface area contributed by atoms with Gasteiger partial charge in [0.15, 0.2) is 0 Å². The zero-order chi connectivity index (χ0) is 12.4. The van der Waals surface area contributed by atoms with Crippen molar-refractivity contribution in [3.05, 3.63) is 22.3 Å². The second-order valence-corrected chi connectivity index (χ2v) is 5.85. The summed E-state index contributed by atoms with van der Waals surface area (Å²) in [6.45, 7) is 0. The molecule has 0 saturated heterocycles. The Morgan fingerprint density at radius 2 is 2.17 bits per heavy atom. The molecule has 0 aromatic carbocycles. The molecule has 2 heteroatoms. The van der Waals surface area contributed by atoms with Crippen molar-refractivity contribution in [2.24, 2.45) is 5.92 Å². The van der Waals surface area contributed by atoms with E-state index in [1.54, 1.807) is 0 Å². The maximum absolute atomic E-state index is 3.51.